The van der Waals surface area contributed by atoms with E-state index in [1.165, 1.54) is 0 Å². The molecule has 0 radical (unpaired) electrons. The van der Waals surface area contributed by atoms with E-state index in [-0.39, 0.29) is 35.1 Å². The number of hydrogen-bond donors (Lipinski definition) is 0. The Morgan fingerprint density at radius 2 is 0.894 bits per heavy atom. The summed E-state index contributed by atoms with van der Waals surface area (Å²) < 4.78 is 29.8. The second-order valence-corrected chi connectivity index (χ2v) is 10.6. The van der Waals surface area contributed by atoms with Crippen molar-refractivity contribution >= 4 is 23.9 Å². The molecule has 0 N–H and O–H groups in total. The molecule has 1 aliphatic heterocycles. The smallest absolute Gasteiger partial charge is 0.338 e. The summed E-state index contributed by atoms with van der Waals surface area (Å²) in [5.41, 5.74) is 0.895. The predicted molar refractivity (Wildman–Crippen MR) is 167 cm³/mol. The minimum absolute atomic E-state index is 0.00556. The summed E-state index contributed by atoms with van der Waals surface area (Å²) in [7, 11) is 0. The van der Waals surface area contributed by atoms with Crippen LogP contribution in [-0.2, 0) is 23.7 Å². The first-order valence-electron chi connectivity index (χ1n) is 15.0. The van der Waals surface area contributed by atoms with E-state index in [0.717, 1.165) is 0 Å². The zero-order valence-corrected chi connectivity index (χ0v) is 25.2. The third-order valence-electron chi connectivity index (χ3n) is 7.42. The fourth-order valence-corrected chi connectivity index (χ4v) is 5.10. The van der Waals surface area contributed by atoms with Gasteiger partial charge in [0.05, 0.1) is 28.3 Å². The van der Waals surface area contributed by atoms with Crippen LogP contribution in [0.4, 0.5) is 0 Å². The van der Waals surface area contributed by atoms with Gasteiger partial charge in [-0.15, -0.1) is 0 Å². The van der Waals surface area contributed by atoms with Gasteiger partial charge < -0.3 is 23.7 Å². The van der Waals surface area contributed by atoms with Crippen molar-refractivity contribution in [2.24, 2.45) is 0 Å². The van der Waals surface area contributed by atoms with Crippen LogP contribution in [0.1, 0.15) is 54.3 Å². The van der Waals surface area contributed by atoms with Crippen LogP contribution < -0.4 is 0 Å². The molecule has 1 heterocycles. The van der Waals surface area contributed by atoms with Gasteiger partial charge >= 0.3 is 23.9 Å². The van der Waals surface area contributed by atoms with Gasteiger partial charge in [-0.25, -0.2) is 19.2 Å². The maximum atomic E-state index is 13.5. The van der Waals surface area contributed by atoms with Crippen LogP contribution in [0, 0.1) is 11.3 Å². The lowest BCUT2D eigenvalue weighted by Gasteiger charge is -2.44. The van der Waals surface area contributed by atoms with E-state index < -0.39 is 61.0 Å². The Hall–Kier alpha value is -5.79. The molecule has 0 amide bonds. The summed E-state index contributed by atoms with van der Waals surface area (Å²) in [4.78, 5) is 53.3. The zero-order valence-electron chi connectivity index (χ0n) is 25.2. The molecule has 0 saturated carbocycles. The highest BCUT2D eigenvalue weighted by Crippen LogP contribution is 2.33. The Kier molecular flexibility index (Phi) is 11.1. The Labute approximate surface area is 271 Å². The number of esters is 4. The number of carbonyl (C=O) groups excluding carboxylic acids is 4. The fourth-order valence-electron chi connectivity index (χ4n) is 5.10. The second kappa shape index (κ2) is 16.0. The largest absolute Gasteiger partial charge is 0.459 e. The Balaban J connectivity index is 1.53. The number of nitrogens with zero attached hydrogens (tertiary/aromatic N) is 1. The van der Waals surface area contributed by atoms with Crippen molar-refractivity contribution in [3.05, 3.63) is 144 Å². The van der Waals surface area contributed by atoms with Crippen molar-refractivity contribution in [1.29, 1.82) is 5.26 Å². The summed E-state index contributed by atoms with van der Waals surface area (Å²) >= 11 is 0. The first kappa shape index (κ1) is 32.6. The molecular weight excluding hydrogens is 602 g/mol. The molecule has 0 spiro atoms. The average Bonchev–Trinajstić information content (AvgIpc) is 3.13. The summed E-state index contributed by atoms with van der Waals surface area (Å²) in [5.74, 6) is -2.96. The highest BCUT2D eigenvalue weighted by molar-refractivity contribution is 5.91. The summed E-state index contributed by atoms with van der Waals surface area (Å²) in [6, 6.07) is 34.8. The van der Waals surface area contributed by atoms with Gasteiger partial charge in [-0.1, -0.05) is 72.8 Å². The van der Waals surface area contributed by atoms with E-state index >= 15 is 0 Å². The highest BCUT2D eigenvalue weighted by Gasteiger charge is 2.52. The van der Waals surface area contributed by atoms with Crippen LogP contribution in [0.5, 0.6) is 0 Å². The van der Waals surface area contributed by atoms with E-state index in [0.29, 0.717) is 0 Å². The van der Waals surface area contributed by atoms with Gasteiger partial charge in [0.25, 0.3) is 0 Å². The van der Waals surface area contributed by atoms with E-state index in [2.05, 4.69) is 6.07 Å². The Bertz CT molecular complexity index is 1690. The van der Waals surface area contributed by atoms with E-state index in [4.69, 9.17) is 23.7 Å². The molecule has 4 aromatic rings. The maximum Gasteiger partial charge on any atom is 0.338 e. The van der Waals surface area contributed by atoms with Crippen LogP contribution in [0.2, 0.25) is 0 Å². The predicted octanol–water partition coefficient (Wildman–Crippen LogP) is 5.59. The quantitative estimate of drug-likeness (QED) is 0.152. The normalized spacial score (nSPS) is 20.2. The number of carbonyl (C=O) groups is 4. The molecule has 47 heavy (non-hydrogen) atoms. The average molecular weight is 634 g/mol. The summed E-state index contributed by atoms with van der Waals surface area (Å²) in [6.07, 6.45) is -6.30. The molecule has 1 fully saturated rings. The summed E-state index contributed by atoms with van der Waals surface area (Å²) in [5, 5.41) is 9.43. The number of nitriles is 1. The molecule has 0 unspecified atom stereocenters. The highest BCUT2D eigenvalue weighted by atomic mass is 16.7. The van der Waals surface area contributed by atoms with Gasteiger partial charge in [-0.3, -0.25) is 0 Å². The Morgan fingerprint density at radius 1 is 0.532 bits per heavy atom. The van der Waals surface area contributed by atoms with Crippen molar-refractivity contribution in [3.63, 3.8) is 0 Å². The zero-order chi connectivity index (χ0) is 33.0. The summed E-state index contributed by atoms with van der Waals surface area (Å²) in [6.45, 7) is -0.414. The van der Waals surface area contributed by atoms with E-state index in [1.54, 1.807) is 121 Å². The maximum absolute atomic E-state index is 13.5. The van der Waals surface area contributed by atoms with Crippen LogP contribution in [0.25, 0.3) is 0 Å². The standard InChI is InChI=1S/C37H31NO9/c38-23-13-22-29-31(45-35(40)26-16-7-2-8-17-26)33(47-37(42)28-20-11-4-12-21-28)32(46-36(41)27-18-9-3-10-19-27)30(44-29)24-43-34(39)25-14-5-1-6-15-25/h1-12,14-21,29-33H,13,22,24H2/t29-,30-,31+,32-,33-/m1/s1. The van der Waals surface area contributed by atoms with Crippen molar-refractivity contribution in [3.8, 4) is 6.07 Å². The minimum Gasteiger partial charge on any atom is -0.459 e. The lowest BCUT2D eigenvalue weighted by molar-refractivity contribution is -0.229. The van der Waals surface area contributed by atoms with Gasteiger partial charge in [0.1, 0.15) is 18.8 Å². The molecule has 238 valence electrons. The van der Waals surface area contributed by atoms with Gasteiger partial charge in [0.15, 0.2) is 18.3 Å². The van der Waals surface area contributed by atoms with Crippen molar-refractivity contribution in [1.82, 2.24) is 0 Å². The van der Waals surface area contributed by atoms with E-state index in [9.17, 15) is 24.4 Å². The SMILES string of the molecule is N#CCC[C@H]1O[C@H](COC(=O)c2ccccc2)[C@@H](OC(=O)c2ccccc2)[C@H](OC(=O)c2ccccc2)[C@H]1OC(=O)c1ccccc1. The molecule has 10 nitrogen and oxygen atoms in total. The monoisotopic (exact) mass is 633 g/mol. The molecule has 0 aliphatic carbocycles. The number of rotatable bonds is 11. The molecular formula is C37H31NO9. The van der Waals surface area contributed by atoms with Crippen LogP contribution in [0.3, 0.4) is 0 Å². The van der Waals surface area contributed by atoms with Crippen LogP contribution in [0.15, 0.2) is 121 Å². The number of benzene rings is 4. The van der Waals surface area contributed by atoms with Gasteiger partial charge in [0, 0.05) is 6.42 Å². The number of ether oxygens (including phenoxy) is 5. The molecule has 5 atom stereocenters. The molecule has 0 bridgehead atoms. The van der Waals surface area contributed by atoms with Crippen molar-refractivity contribution in [2.45, 2.75) is 43.4 Å². The van der Waals surface area contributed by atoms with Gasteiger partial charge in [-0.2, -0.15) is 5.26 Å². The van der Waals surface area contributed by atoms with Gasteiger partial charge in [0.2, 0.25) is 0 Å². The lowest BCUT2D eigenvalue weighted by atomic mass is 9.91. The van der Waals surface area contributed by atoms with Gasteiger partial charge in [-0.05, 0) is 55.0 Å². The lowest BCUT2D eigenvalue weighted by Crippen LogP contribution is -2.62. The second-order valence-electron chi connectivity index (χ2n) is 10.6. The molecule has 10 heteroatoms. The van der Waals surface area contributed by atoms with E-state index in [1.807, 2.05) is 0 Å². The Morgan fingerprint density at radius 3 is 1.30 bits per heavy atom. The third kappa shape index (κ3) is 8.48. The fraction of sp³-hybridized carbons (Fsp3) is 0.216. The molecule has 1 aliphatic rings. The molecule has 0 aromatic heterocycles. The third-order valence-corrected chi connectivity index (χ3v) is 7.42. The molecule has 1 saturated heterocycles. The number of hydrogen-bond acceptors (Lipinski definition) is 10. The van der Waals surface area contributed by atoms with Crippen molar-refractivity contribution in [2.75, 3.05) is 6.61 Å². The topological polar surface area (TPSA) is 138 Å². The van der Waals surface area contributed by atoms with Crippen LogP contribution in [-0.4, -0.2) is 61.0 Å². The molecule has 5 rings (SSSR count). The first-order valence-corrected chi connectivity index (χ1v) is 15.0. The van der Waals surface area contributed by atoms with Crippen LogP contribution >= 0.6 is 0 Å². The first-order chi connectivity index (χ1) is 22.9. The molecule has 4 aromatic carbocycles. The minimum atomic E-state index is -1.43. The van der Waals surface area contributed by atoms with Crippen molar-refractivity contribution < 1.29 is 42.9 Å².